The van der Waals surface area contributed by atoms with Crippen molar-refractivity contribution in [1.82, 2.24) is 14.5 Å². The van der Waals surface area contributed by atoms with Crippen LogP contribution in [-0.4, -0.2) is 60.9 Å². The molecule has 1 fully saturated rings. The van der Waals surface area contributed by atoms with Gasteiger partial charge in [0, 0.05) is 39.3 Å². The molecule has 1 aromatic carbocycles. The Morgan fingerprint density at radius 2 is 1.87 bits per heavy atom. The molecule has 1 aliphatic rings. The molecule has 23 heavy (non-hydrogen) atoms. The Bertz CT molecular complexity index is 617. The number of imidazole rings is 1. The number of hydrogen-bond acceptors (Lipinski definition) is 4. The number of piperazine rings is 1. The second-order valence-electron chi connectivity index (χ2n) is 6.31. The van der Waals surface area contributed by atoms with Gasteiger partial charge >= 0.3 is 0 Å². The van der Waals surface area contributed by atoms with Crippen molar-refractivity contribution in [2.75, 3.05) is 51.3 Å². The zero-order valence-electron chi connectivity index (χ0n) is 14.4. The molecule has 126 valence electrons. The molecule has 5 heteroatoms. The van der Waals surface area contributed by atoms with Crippen LogP contribution in [0.5, 0.6) is 0 Å². The highest BCUT2D eigenvalue weighted by Crippen LogP contribution is 2.23. The first-order valence-electron chi connectivity index (χ1n) is 8.76. The number of rotatable bonds is 7. The summed E-state index contributed by atoms with van der Waals surface area (Å²) in [6, 6.07) is 8.41. The first-order valence-corrected chi connectivity index (χ1v) is 8.76. The molecule has 2 aromatic rings. The molecule has 2 heterocycles. The minimum atomic E-state index is 0.751. The Hall–Kier alpha value is -1.59. The Kier molecular flexibility index (Phi) is 5.51. The molecule has 0 bridgehead atoms. The highest BCUT2D eigenvalue weighted by Gasteiger charge is 2.20. The third kappa shape index (κ3) is 3.85. The first-order chi connectivity index (χ1) is 11.3. The lowest BCUT2D eigenvalue weighted by atomic mass is 10.3. The number of anilines is 1. The van der Waals surface area contributed by atoms with Crippen LogP contribution in [0.2, 0.25) is 0 Å². The van der Waals surface area contributed by atoms with Crippen molar-refractivity contribution in [3.05, 3.63) is 24.3 Å². The summed E-state index contributed by atoms with van der Waals surface area (Å²) in [6.45, 7) is 8.93. The highest BCUT2D eigenvalue weighted by molar-refractivity contribution is 5.78. The Morgan fingerprint density at radius 1 is 1.09 bits per heavy atom. The Morgan fingerprint density at radius 3 is 2.65 bits per heavy atom. The van der Waals surface area contributed by atoms with Crippen molar-refractivity contribution in [2.24, 2.45) is 0 Å². The highest BCUT2D eigenvalue weighted by atomic mass is 16.5. The smallest absolute Gasteiger partial charge is 0.206 e. The van der Waals surface area contributed by atoms with Crippen LogP contribution in [0.1, 0.15) is 19.8 Å². The first kappa shape index (κ1) is 16.3. The second-order valence-corrected chi connectivity index (χ2v) is 6.31. The molecular weight excluding hydrogens is 288 g/mol. The minimum absolute atomic E-state index is 0.751. The summed E-state index contributed by atoms with van der Waals surface area (Å²) in [4.78, 5) is 9.67. The van der Waals surface area contributed by atoms with E-state index in [2.05, 4.69) is 52.6 Å². The van der Waals surface area contributed by atoms with E-state index in [0.29, 0.717) is 0 Å². The van der Waals surface area contributed by atoms with Gasteiger partial charge in [-0.1, -0.05) is 25.5 Å². The van der Waals surface area contributed by atoms with E-state index in [1.165, 1.54) is 11.9 Å². The number of nitrogens with zero attached hydrogens (tertiary/aromatic N) is 4. The largest absolute Gasteiger partial charge is 0.380 e. The van der Waals surface area contributed by atoms with Crippen molar-refractivity contribution in [1.29, 1.82) is 0 Å². The van der Waals surface area contributed by atoms with Gasteiger partial charge in [0.1, 0.15) is 0 Å². The number of unbranched alkanes of at least 4 members (excludes halogenated alkanes) is 1. The van der Waals surface area contributed by atoms with E-state index in [9.17, 15) is 0 Å². The predicted octanol–water partition coefficient (Wildman–Crippen LogP) is 2.60. The molecule has 0 unspecified atom stereocenters. The van der Waals surface area contributed by atoms with Crippen LogP contribution >= 0.6 is 0 Å². The number of benzene rings is 1. The molecule has 0 saturated carbocycles. The van der Waals surface area contributed by atoms with Crippen molar-refractivity contribution in [3.8, 4) is 0 Å². The molecule has 5 nitrogen and oxygen atoms in total. The molecule has 0 aliphatic carbocycles. The van der Waals surface area contributed by atoms with Crippen molar-refractivity contribution in [3.63, 3.8) is 0 Å². The molecule has 0 spiro atoms. The maximum atomic E-state index is 5.78. The summed E-state index contributed by atoms with van der Waals surface area (Å²) in [6.07, 6.45) is 2.32. The maximum Gasteiger partial charge on any atom is 0.206 e. The summed E-state index contributed by atoms with van der Waals surface area (Å²) in [5.41, 5.74) is 2.29. The molecule has 0 atom stereocenters. The van der Waals surface area contributed by atoms with Crippen LogP contribution in [0.3, 0.4) is 0 Å². The fourth-order valence-electron chi connectivity index (χ4n) is 3.04. The molecule has 1 saturated heterocycles. The zero-order chi connectivity index (χ0) is 16.1. The van der Waals surface area contributed by atoms with Crippen LogP contribution in [0.15, 0.2) is 24.3 Å². The van der Waals surface area contributed by atoms with Crippen LogP contribution in [0.25, 0.3) is 11.0 Å². The predicted molar refractivity (Wildman–Crippen MR) is 95.2 cm³/mol. The summed E-state index contributed by atoms with van der Waals surface area (Å²) < 4.78 is 8.11. The summed E-state index contributed by atoms with van der Waals surface area (Å²) in [7, 11) is 2.18. The lowest BCUT2D eigenvalue weighted by molar-refractivity contribution is 0.124. The van der Waals surface area contributed by atoms with Gasteiger partial charge in [-0.2, -0.15) is 0 Å². The van der Waals surface area contributed by atoms with Crippen molar-refractivity contribution >= 4 is 17.0 Å². The van der Waals surface area contributed by atoms with Crippen LogP contribution < -0.4 is 4.90 Å². The van der Waals surface area contributed by atoms with E-state index in [1.807, 2.05) is 0 Å². The molecule has 0 N–H and O–H groups in total. The third-order valence-electron chi connectivity index (χ3n) is 4.52. The monoisotopic (exact) mass is 316 g/mol. The van der Waals surface area contributed by atoms with E-state index < -0.39 is 0 Å². The molecule has 3 rings (SSSR count). The van der Waals surface area contributed by atoms with Gasteiger partial charge in [0.2, 0.25) is 5.95 Å². The van der Waals surface area contributed by atoms with Crippen LogP contribution in [0, 0.1) is 0 Å². The summed E-state index contributed by atoms with van der Waals surface area (Å²) in [5.74, 6) is 1.10. The molecule has 1 aliphatic heterocycles. The fourth-order valence-corrected chi connectivity index (χ4v) is 3.04. The lowest BCUT2D eigenvalue weighted by Crippen LogP contribution is -2.45. The number of ether oxygens (including phenoxy) is 1. The lowest BCUT2D eigenvalue weighted by Gasteiger charge is -2.33. The molecule has 1 aromatic heterocycles. The SMILES string of the molecule is CCCCOCCn1c(N2CCN(C)CC2)nc2ccccc21. The van der Waals surface area contributed by atoms with Crippen molar-refractivity contribution < 1.29 is 4.74 Å². The van der Waals surface area contributed by atoms with Gasteiger partial charge in [0.25, 0.3) is 0 Å². The average Bonchev–Trinajstić information content (AvgIpc) is 2.94. The van der Waals surface area contributed by atoms with Crippen LogP contribution in [-0.2, 0) is 11.3 Å². The molecule has 0 radical (unpaired) electrons. The van der Waals surface area contributed by atoms with Gasteiger partial charge in [-0.05, 0) is 25.6 Å². The van der Waals surface area contributed by atoms with E-state index in [1.54, 1.807) is 0 Å². The van der Waals surface area contributed by atoms with Gasteiger partial charge in [0.05, 0.1) is 17.6 Å². The number of fused-ring (bicyclic) bond motifs is 1. The topological polar surface area (TPSA) is 33.5 Å². The zero-order valence-corrected chi connectivity index (χ0v) is 14.4. The summed E-state index contributed by atoms with van der Waals surface area (Å²) in [5, 5.41) is 0. The van der Waals surface area contributed by atoms with Crippen LogP contribution in [0.4, 0.5) is 5.95 Å². The Balaban J connectivity index is 1.77. The maximum absolute atomic E-state index is 5.78. The van der Waals surface area contributed by atoms with Gasteiger partial charge in [-0.3, -0.25) is 0 Å². The summed E-state index contributed by atoms with van der Waals surface area (Å²) >= 11 is 0. The van der Waals surface area contributed by atoms with Gasteiger partial charge in [-0.25, -0.2) is 4.98 Å². The molecular formula is C18H28N4O. The standard InChI is InChI=1S/C18H28N4O/c1-3-4-14-23-15-13-22-17-8-6-5-7-16(17)19-18(22)21-11-9-20(2)10-12-21/h5-8H,3-4,9-15H2,1-2H3. The number of hydrogen-bond donors (Lipinski definition) is 0. The van der Waals surface area contributed by atoms with Crippen molar-refractivity contribution in [2.45, 2.75) is 26.3 Å². The normalized spacial score (nSPS) is 16.3. The Labute approximate surface area is 138 Å². The van der Waals surface area contributed by atoms with E-state index in [0.717, 1.165) is 63.8 Å². The van der Waals surface area contributed by atoms with E-state index in [4.69, 9.17) is 9.72 Å². The molecule has 0 amide bonds. The van der Waals surface area contributed by atoms with Gasteiger partial charge < -0.3 is 19.1 Å². The fraction of sp³-hybridized carbons (Fsp3) is 0.611. The number of aromatic nitrogens is 2. The third-order valence-corrected chi connectivity index (χ3v) is 4.52. The number of likely N-dealkylation sites (N-methyl/N-ethyl adjacent to an activating group) is 1. The average molecular weight is 316 g/mol. The van der Waals surface area contributed by atoms with E-state index in [-0.39, 0.29) is 0 Å². The quantitative estimate of drug-likeness (QED) is 0.735. The minimum Gasteiger partial charge on any atom is -0.380 e. The van der Waals surface area contributed by atoms with Gasteiger partial charge in [0.15, 0.2) is 0 Å². The van der Waals surface area contributed by atoms with E-state index >= 15 is 0 Å². The second kappa shape index (κ2) is 7.79. The van der Waals surface area contributed by atoms with Gasteiger partial charge in [-0.15, -0.1) is 0 Å². The number of para-hydroxylation sites is 2.